The first kappa shape index (κ1) is 18.1. The number of amidine groups is 1. The van der Waals surface area contributed by atoms with Gasteiger partial charge >= 0.3 is 0 Å². The lowest BCUT2D eigenvalue weighted by Gasteiger charge is -1.98. The first-order valence-electron chi connectivity index (χ1n) is 9.01. The molecule has 0 unspecified atom stereocenters. The maximum Gasteiger partial charge on any atom is 0.264 e. The Bertz CT molecular complexity index is 1150. The van der Waals surface area contributed by atoms with Gasteiger partial charge in [-0.2, -0.15) is 5.26 Å². The average Bonchev–Trinajstić information content (AvgIpc) is 3.23. The van der Waals surface area contributed by atoms with E-state index in [2.05, 4.69) is 23.3 Å². The number of rotatable bonds is 4. The molecule has 0 aliphatic carbocycles. The van der Waals surface area contributed by atoms with E-state index in [9.17, 15) is 4.79 Å². The van der Waals surface area contributed by atoms with Crippen LogP contribution in [0.3, 0.4) is 0 Å². The van der Waals surface area contributed by atoms with Gasteiger partial charge in [-0.1, -0.05) is 37.3 Å². The van der Waals surface area contributed by atoms with Crippen LogP contribution in [-0.4, -0.2) is 15.6 Å². The number of thioether (sulfide) groups is 1. The number of nitriles is 1. The number of para-hydroxylation sites is 1. The normalized spacial score (nSPS) is 16.6. The topological polar surface area (TPSA) is 70.2 Å². The van der Waals surface area contributed by atoms with Crippen molar-refractivity contribution in [1.29, 1.82) is 5.26 Å². The number of nitrogens with one attached hydrogen (secondary N) is 1. The third-order valence-electron chi connectivity index (χ3n) is 4.57. The number of hydrogen-bond acceptors (Lipinski definition) is 4. The van der Waals surface area contributed by atoms with Crippen LogP contribution in [0.2, 0.25) is 0 Å². The van der Waals surface area contributed by atoms with Gasteiger partial charge in [-0.15, -0.1) is 0 Å². The van der Waals surface area contributed by atoms with Gasteiger partial charge in [0.2, 0.25) is 0 Å². The maximum atomic E-state index is 12.4. The molecule has 6 heteroatoms. The highest BCUT2D eigenvalue weighted by atomic mass is 32.2. The molecule has 0 atom stereocenters. The molecule has 1 amide bonds. The predicted molar refractivity (Wildman–Crippen MR) is 114 cm³/mol. The molecule has 138 valence electrons. The SMILES string of the molecule is CCc1ccc(N=C2NC(=O)C(=Cc3cn(CC#N)c4ccccc34)S2)cc1. The lowest BCUT2D eigenvalue weighted by molar-refractivity contribution is -0.115. The zero-order valence-corrected chi connectivity index (χ0v) is 16.2. The maximum absolute atomic E-state index is 12.4. The van der Waals surface area contributed by atoms with Crippen LogP contribution in [0.15, 0.2) is 64.6 Å². The number of hydrogen-bond donors (Lipinski definition) is 1. The number of aryl methyl sites for hydroxylation is 1. The summed E-state index contributed by atoms with van der Waals surface area (Å²) in [7, 11) is 0. The van der Waals surface area contributed by atoms with Crippen LogP contribution < -0.4 is 5.32 Å². The van der Waals surface area contributed by atoms with Gasteiger partial charge in [0.15, 0.2) is 5.17 Å². The summed E-state index contributed by atoms with van der Waals surface area (Å²) in [6.07, 6.45) is 4.75. The molecule has 28 heavy (non-hydrogen) atoms. The molecule has 2 aromatic carbocycles. The van der Waals surface area contributed by atoms with Crippen LogP contribution in [-0.2, 0) is 17.8 Å². The van der Waals surface area contributed by atoms with Gasteiger partial charge in [-0.05, 0) is 48.0 Å². The highest BCUT2D eigenvalue weighted by molar-refractivity contribution is 8.18. The molecule has 0 spiro atoms. The van der Waals surface area contributed by atoms with E-state index in [0.29, 0.717) is 10.1 Å². The molecular formula is C22H18N4OS. The van der Waals surface area contributed by atoms with Crippen LogP contribution in [0.1, 0.15) is 18.1 Å². The zero-order valence-electron chi connectivity index (χ0n) is 15.3. The molecule has 1 N–H and O–H groups in total. The Morgan fingerprint density at radius 3 is 2.75 bits per heavy atom. The van der Waals surface area contributed by atoms with Crippen molar-refractivity contribution in [2.24, 2.45) is 4.99 Å². The molecule has 1 saturated heterocycles. The van der Waals surface area contributed by atoms with E-state index in [1.807, 2.05) is 65.4 Å². The smallest absolute Gasteiger partial charge is 0.264 e. The lowest BCUT2D eigenvalue weighted by atomic mass is 10.1. The van der Waals surface area contributed by atoms with Crippen molar-refractivity contribution in [2.45, 2.75) is 19.9 Å². The molecular weight excluding hydrogens is 368 g/mol. The fourth-order valence-electron chi connectivity index (χ4n) is 3.14. The van der Waals surface area contributed by atoms with Crippen molar-refractivity contribution in [3.8, 4) is 6.07 Å². The van der Waals surface area contributed by atoms with Crippen molar-refractivity contribution in [3.05, 3.63) is 70.8 Å². The van der Waals surface area contributed by atoms with E-state index in [-0.39, 0.29) is 12.5 Å². The van der Waals surface area contributed by atoms with Gasteiger partial charge in [-0.3, -0.25) is 4.79 Å². The second kappa shape index (κ2) is 7.75. The van der Waals surface area contributed by atoms with E-state index in [0.717, 1.165) is 28.6 Å². The van der Waals surface area contributed by atoms with Crippen LogP contribution in [0.4, 0.5) is 5.69 Å². The van der Waals surface area contributed by atoms with Gasteiger partial charge in [0.1, 0.15) is 6.54 Å². The minimum Gasteiger partial charge on any atom is -0.333 e. The molecule has 0 saturated carbocycles. The van der Waals surface area contributed by atoms with E-state index in [1.54, 1.807) is 0 Å². The fourth-order valence-corrected chi connectivity index (χ4v) is 3.98. The number of carbonyl (C=O) groups is 1. The third kappa shape index (κ3) is 3.57. The monoisotopic (exact) mass is 386 g/mol. The van der Waals surface area contributed by atoms with Gasteiger partial charge in [0.05, 0.1) is 16.7 Å². The first-order valence-corrected chi connectivity index (χ1v) is 9.83. The molecule has 0 bridgehead atoms. The van der Waals surface area contributed by atoms with Crippen LogP contribution in [0, 0.1) is 11.3 Å². The molecule has 1 aliphatic rings. The fraction of sp³-hybridized carbons (Fsp3) is 0.136. The molecule has 1 aromatic heterocycles. The Kier molecular flexibility index (Phi) is 5.00. The zero-order chi connectivity index (χ0) is 19.5. The number of benzene rings is 2. The van der Waals surface area contributed by atoms with Gasteiger partial charge in [0.25, 0.3) is 5.91 Å². The summed E-state index contributed by atoms with van der Waals surface area (Å²) in [6.45, 7) is 2.38. The van der Waals surface area contributed by atoms with Crippen LogP contribution >= 0.6 is 11.8 Å². The minimum absolute atomic E-state index is 0.161. The molecule has 3 aromatic rings. The standard InChI is InChI=1S/C22H18N4OS/c1-2-15-7-9-17(10-8-15)24-22-25-21(27)20(28-22)13-16-14-26(12-11-23)19-6-4-3-5-18(16)19/h3-10,13-14H,2,12H2,1H3,(H,24,25,27). The number of carbonyl (C=O) groups excluding carboxylic acids is 1. The van der Waals surface area contributed by atoms with Crippen molar-refractivity contribution >= 4 is 45.5 Å². The first-order chi connectivity index (χ1) is 13.7. The predicted octanol–water partition coefficient (Wildman–Crippen LogP) is 4.62. The quantitative estimate of drug-likeness (QED) is 0.665. The Balaban J connectivity index is 1.64. The Morgan fingerprint density at radius 2 is 2.00 bits per heavy atom. The Morgan fingerprint density at radius 1 is 1.21 bits per heavy atom. The van der Waals surface area contributed by atoms with Crippen molar-refractivity contribution < 1.29 is 4.79 Å². The summed E-state index contributed by atoms with van der Waals surface area (Å²) in [6, 6.07) is 18.0. The molecule has 0 radical (unpaired) electrons. The van der Waals surface area contributed by atoms with E-state index >= 15 is 0 Å². The molecule has 1 aliphatic heterocycles. The molecule has 5 nitrogen and oxygen atoms in total. The summed E-state index contributed by atoms with van der Waals surface area (Å²) >= 11 is 1.33. The summed E-state index contributed by atoms with van der Waals surface area (Å²) in [4.78, 5) is 17.5. The number of aliphatic imine (C=N–C) groups is 1. The Labute approximate surface area is 167 Å². The number of fused-ring (bicyclic) bond motifs is 1. The largest absolute Gasteiger partial charge is 0.333 e. The second-order valence-corrected chi connectivity index (χ2v) is 7.42. The van der Waals surface area contributed by atoms with Crippen molar-refractivity contribution in [1.82, 2.24) is 9.88 Å². The van der Waals surface area contributed by atoms with E-state index in [4.69, 9.17) is 5.26 Å². The molecule has 1 fully saturated rings. The average molecular weight is 386 g/mol. The van der Waals surface area contributed by atoms with Crippen molar-refractivity contribution in [2.75, 3.05) is 0 Å². The molecule has 4 rings (SSSR count). The number of amides is 1. The van der Waals surface area contributed by atoms with Gasteiger partial charge < -0.3 is 9.88 Å². The summed E-state index contributed by atoms with van der Waals surface area (Å²) in [5, 5.41) is 13.5. The van der Waals surface area contributed by atoms with Crippen LogP contribution in [0.5, 0.6) is 0 Å². The van der Waals surface area contributed by atoms with E-state index in [1.165, 1.54) is 17.3 Å². The number of aromatic nitrogens is 1. The Hall–Kier alpha value is -3.30. The summed E-state index contributed by atoms with van der Waals surface area (Å²) in [5.74, 6) is -0.161. The number of nitrogens with zero attached hydrogens (tertiary/aromatic N) is 3. The lowest BCUT2D eigenvalue weighted by Crippen LogP contribution is -2.19. The molecule has 2 heterocycles. The minimum atomic E-state index is -0.161. The highest BCUT2D eigenvalue weighted by Gasteiger charge is 2.24. The van der Waals surface area contributed by atoms with Gasteiger partial charge in [-0.25, -0.2) is 4.99 Å². The second-order valence-electron chi connectivity index (χ2n) is 6.39. The summed E-state index contributed by atoms with van der Waals surface area (Å²) in [5.41, 5.74) is 3.95. The van der Waals surface area contributed by atoms with Crippen molar-refractivity contribution in [3.63, 3.8) is 0 Å². The summed E-state index contributed by atoms with van der Waals surface area (Å²) < 4.78 is 1.89. The highest BCUT2D eigenvalue weighted by Crippen LogP contribution is 2.31. The van der Waals surface area contributed by atoms with Crippen LogP contribution in [0.25, 0.3) is 17.0 Å². The van der Waals surface area contributed by atoms with Gasteiger partial charge in [0, 0.05) is 22.7 Å². The van der Waals surface area contributed by atoms with E-state index < -0.39 is 0 Å². The third-order valence-corrected chi connectivity index (χ3v) is 5.48.